The van der Waals surface area contributed by atoms with Crippen LogP contribution in [0.15, 0.2) is 6.20 Å². The van der Waals surface area contributed by atoms with E-state index in [-0.39, 0.29) is 12.3 Å². The monoisotopic (exact) mass is 532 g/mol. The van der Waals surface area contributed by atoms with Crippen molar-refractivity contribution < 1.29 is 19.0 Å². The molecular formula is C30H52N4O4. The van der Waals surface area contributed by atoms with E-state index >= 15 is 0 Å². The number of likely N-dealkylation sites (N-methyl/N-ethyl adjacent to an activating group) is 2. The topological polar surface area (TPSA) is 69.1 Å². The van der Waals surface area contributed by atoms with Gasteiger partial charge in [0, 0.05) is 58.1 Å². The first-order chi connectivity index (χ1) is 18.1. The summed E-state index contributed by atoms with van der Waals surface area (Å²) < 4.78 is 19.4. The first-order valence-corrected chi connectivity index (χ1v) is 14.9. The molecule has 1 unspecified atom stereocenters. The highest BCUT2D eigenvalue weighted by molar-refractivity contribution is 5.67. The fourth-order valence-corrected chi connectivity index (χ4v) is 6.55. The minimum absolute atomic E-state index is 0.0547. The van der Waals surface area contributed by atoms with Crippen LogP contribution in [-0.2, 0) is 20.8 Å². The van der Waals surface area contributed by atoms with Crippen molar-refractivity contribution in [2.45, 2.75) is 122 Å². The molecule has 3 fully saturated rings. The minimum Gasteiger partial charge on any atom is -0.444 e. The Morgan fingerprint density at radius 1 is 1.08 bits per heavy atom. The second kappa shape index (κ2) is 12.7. The van der Waals surface area contributed by atoms with Gasteiger partial charge in [-0.2, -0.15) is 5.10 Å². The normalized spacial score (nSPS) is 28.6. The summed E-state index contributed by atoms with van der Waals surface area (Å²) in [6.45, 7) is 8.74. The van der Waals surface area contributed by atoms with Crippen LogP contribution in [0.3, 0.4) is 0 Å². The Labute approximate surface area is 230 Å². The van der Waals surface area contributed by atoms with Crippen LogP contribution in [0.1, 0.15) is 115 Å². The van der Waals surface area contributed by atoms with Gasteiger partial charge in [-0.3, -0.25) is 0 Å². The van der Waals surface area contributed by atoms with E-state index in [2.05, 4.69) is 22.8 Å². The second-order valence-corrected chi connectivity index (χ2v) is 13.2. The highest BCUT2D eigenvalue weighted by Crippen LogP contribution is 2.51. The van der Waals surface area contributed by atoms with E-state index in [1.807, 2.05) is 34.9 Å². The van der Waals surface area contributed by atoms with E-state index in [0.717, 1.165) is 32.5 Å². The summed E-state index contributed by atoms with van der Waals surface area (Å²) in [6.07, 6.45) is 15.9. The Hall–Kier alpha value is -1.64. The molecule has 1 aliphatic heterocycles. The molecular weight excluding hydrogens is 480 g/mol. The Balaban J connectivity index is 1.40. The molecule has 1 atom stereocenters. The molecule has 1 aromatic heterocycles. The predicted octanol–water partition coefficient (Wildman–Crippen LogP) is 6.11. The van der Waals surface area contributed by atoms with Crippen molar-refractivity contribution in [3.8, 4) is 0 Å². The van der Waals surface area contributed by atoms with Gasteiger partial charge < -0.3 is 24.0 Å². The number of nitrogens with zero attached hydrogens (tertiary/aromatic N) is 4. The number of rotatable bonds is 8. The van der Waals surface area contributed by atoms with Crippen molar-refractivity contribution in [3.05, 3.63) is 17.5 Å². The molecule has 2 aliphatic carbocycles. The van der Waals surface area contributed by atoms with Gasteiger partial charge in [0.1, 0.15) is 11.8 Å². The van der Waals surface area contributed by atoms with Crippen LogP contribution in [0.25, 0.3) is 0 Å². The molecule has 8 heteroatoms. The molecule has 2 saturated carbocycles. The molecule has 1 spiro atoms. The number of carbonyl (C=O) groups excluding carboxylic acids is 1. The summed E-state index contributed by atoms with van der Waals surface area (Å²) in [7, 11) is 5.80. The van der Waals surface area contributed by atoms with Crippen molar-refractivity contribution in [1.29, 1.82) is 0 Å². The van der Waals surface area contributed by atoms with Crippen LogP contribution in [0, 0.1) is 5.41 Å². The quantitative estimate of drug-likeness (QED) is 0.402. The Kier molecular flexibility index (Phi) is 9.80. The van der Waals surface area contributed by atoms with Gasteiger partial charge >= 0.3 is 6.09 Å². The third kappa shape index (κ3) is 7.72. The highest BCUT2D eigenvalue weighted by atomic mass is 16.6. The van der Waals surface area contributed by atoms with E-state index in [9.17, 15) is 4.79 Å². The van der Waals surface area contributed by atoms with Crippen LogP contribution in [0.4, 0.5) is 4.79 Å². The van der Waals surface area contributed by atoms with Gasteiger partial charge in [-0.1, -0.05) is 0 Å². The summed E-state index contributed by atoms with van der Waals surface area (Å²) in [5.41, 5.74) is 2.62. The first-order valence-electron chi connectivity index (χ1n) is 14.9. The number of hydrogen-bond acceptors (Lipinski definition) is 6. The lowest BCUT2D eigenvalue weighted by atomic mass is 9.62. The van der Waals surface area contributed by atoms with Crippen LogP contribution in [-0.4, -0.2) is 78.3 Å². The van der Waals surface area contributed by atoms with Crippen molar-refractivity contribution in [1.82, 2.24) is 19.6 Å². The Morgan fingerprint density at radius 3 is 2.37 bits per heavy atom. The lowest BCUT2D eigenvalue weighted by molar-refractivity contribution is -0.0399. The van der Waals surface area contributed by atoms with E-state index in [4.69, 9.17) is 19.3 Å². The number of hydrogen-bond donors (Lipinski definition) is 0. The summed E-state index contributed by atoms with van der Waals surface area (Å²) in [5.74, 6) is 0.512. The molecule has 38 heavy (non-hydrogen) atoms. The highest BCUT2D eigenvalue weighted by Gasteiger charge is 2.40. The maximum absolute atomic E-state index is 12.4. The summed E-state index contributed by atoms with van der Waals surface area (Å²) in [6, 6.07) is 0. The van der Waals surface area contributed by atoms with E-state index in [1.54, 1.807) is 4.90 Å². The zero-order valence-corrected chi connectivity index (χ0v) is 24.8. The van der Waals surface area contributed by atoms with Crippen molar-refractivity contribution in [2.75, 3.05) is 40.9 Å². The molecule has 0 N–H and O–H groups in total. The molecule has 8 nitrogen and oxygen atoms in total. The molecule has 3 aliphatic rings. The van der Waals surface area contributed by atoms with Crippen LogP contribution < -0.4 is 0 Å². The van der Waals surface area contributed by atoms with E-state index < -0.39 is 5.60 Å². The second-order valence-electron chi connectivity index (χ2n) is 13.2. The molecule has 0 aromatic carbocycles. The predicted molar refractivity (Wildman–Crippen MR) is 149 cm³/mol. The maximum atomic E-state index is 12.4. The molecule has 2 heterocycles. The number of amides is 1. The van der Waals surface area contributed by atoms with Crippen molar-refractivity contribution in [2.24, 2.45) is 5.41 Å². The molecule has 1 amide bonds. The van der Waals surface area contributed by atoms with Crippen LogP contribution in [0.5, 0.6) is 0 Å². The summed E-state index contributed by atoms with van der Waals surface area (Å²) in [4.78, 5) is 16.3. The zero-order chi connectivity index (χ0) is 27.3. The SMILES string of the molecule is COC1CCC2(CC1)CCC(c1nn(C3CCCCO3)cc1CN(C)CCN(C)C(=O)OC(C)(C)C)CC2. The zero-order valence-electron chi connectivity index (χ0n) is 24.8. The van der Waals surface area contributed by atoms with Crippen LogP contribution in [0.2, 0.25) is 0 Å². The van der Waals surface area contributed by atoms with Crippen molar-refractivity contribution in [3.63, 3.8) is 0 Å². The van der Waals surface area contributed by atoms with Crippen molar-refractivity contribution >= 4 is 6.09 Å². The lowest BCUT2D eigenvalue weighted by Gasteiger charge is -2.44. The third-order valence-electron chi connectivity index (χ3n) is 9.01. The minimum atomic E-state index is -0.483. The molecule has 4 rings (SSSR count). The lowest BCUT2D eigenvalue weighted by Crippen LogP contribution is -2.38. The van der Waals surface area contributed by atoms with Gasteiger partial charge in [0.2, 0.25) is 0 Å². The third-order valence-corrected chi connectivity index (χ3v) is 9.01. The largest absolute Gasteiger partial charge is 0.444 e. The molecule has 0 bridgehead atoms. The van der Waals surface area contributed by atoms with Gasteiger partial charge in [-0.25, -0.2) is 9.48 Å². The number of methoxy groups -OCH3 is 1. The molecule has 216 valence electrons. The fraction of sp³-hybridized carbons (Fsp3) is 0.867. The van der Waals surface area contributed by atoms with Gasteiger partial charge in [-0.05, 0) is 104 Å². The van der Waals surface area contributed by atoms with Gasteiger partial charge in [0.15, 0.2) is 0 Å². The Morgan fingerprint density at radius 2 is 1.76 bits per heavy atom. The average Bonchev–Trinajstić information content (AvgIpc) is 3.31. The van der Waals surface area contributed by atoms with E-state index in [0.29, 0.717) is 24.0 Å². The molecule has 0 radical (unpaired) electrons. The summed E-state index contributed by atoms with van der Waals surface area (Å²) >= 11 is 0. The standard InChI is InChI=1S/C30H52N4O4/c1-29(2,3)38-28(35)33(5)19-18-32(4)21-24-22-34(26-9-7-8-20-37-26)31-27(24)23-10-14-30(15-11-23)16-12-25(36-6)13-17-30/h22-23,25-26H,7-21H2,1-6H3. The Bertz CT molecular complexity index is 887. The van der Waals surface area contributed by atoms with Crippen LogP contribution >= 0.6 is 0 Å². The smallest absolute Gasteiger partial charge is 0.410 e. The van der Waals surface area contributed by atoms with Gasteiger partial charge in [0.25, 0.3) is 0 Å². The van der Waals surface area contributed by atoms with E-state index in [1.165, 1.54) is 69.0 Å². The molecule has 1 saturated heterocycles. The first kappa shape index (κ1) is 29.3. The maximum Gasteiger partial charge on any atom is 0.410 e. The average molecular weight is 533 g/mol. The summed E-state index contributed by atoms with van der Waals surface area (Å²) in [5, 5.41) is 5.19. The number of ether oxygens (including phenoxy) is 3. The number of carbonyl (C=O) groups is 1. The van der Waals surface area contributed by atoms with Gasteiger partial charge in [0.05, 0.1) is 11.8 Å². The molecule has 1 aromatic rings. The van der Waals surface area contributed by atoms with Gasteiger partial charge in [-0.15, -0.1) is 0 Å². The fourth-order valence-electron chi connectivity index (χ4n) is 6.55. The number of aromatic nitrogens is 2.